The van der Waals surface area contributed by atoms with Crippen LogP contribution in [0.15, 0.2) is 52.1 Å². The molecule has 0 amide bonds. The average Bonchev–Trinajstić information content (AvgIpc) is 2.88. The Balaban J connectivity index is 1.83. The van der Waals surface area contributed by atoms with Crippen molar-refractivity contribution in [1.29, 1.82) is 0 Å². The third kappa shape index (κ3) is 3.79. The summed E-state index contributed by atoms with van der Waals surface area (Å²) >= 11 is 4.96. The van der Waals surface area contributed by atoms with Crippen LogP contribution in [0, 0.1) is 0 Å². The van der Waals surface area contributed by atoms with Gasteiger partial charge in [-0.3, -0.25) is 0 Å². The number of halogens is 1. The van der Waals surface area contributed by atoms with Crippen LogP contribution in [0.4, 0.5) is 5.69 Å². The molecular weight excluding hydrogens is 440 g/mol. The molecule has 8 heteroatoms. The summed E-state index contributed by atoms with van der Waals surface area (Å²) in [6, 6.07) is 13.8. The number of thioether (sulfide) groups is 1. The molecule has 28 heavy (non-hydrogen) atoms. The van der Waals surface area contributed by atoms with Crippen LogP contribution < -0.4 is 14.8 Å². The van der Waals surface area contributed by atoms with Gasteiger partial charge in [0.05, 0.1) is 12.2 Å². The predicted molar refractivity (Wildman–Crippen MR) is 114 cm³/mol. The summed E-state index contributed by atoms with van der Waals surface area (Å²) in [6.45, 7) is 2.73. The van der Waals surface area contributed by atoms with E-state index in [4.69, 9.17) is 9.47 Å². The van der Waals surface area contributed by atoms with Crippen molar-refractivity contribution in [3.63, 3.8) is 0 Å². The molecule has 0 saturated heterocycles. The highest BCUT2D eigenvalue weighted by atomic mass is 79.9. The second kappa shape index (κ2) is 8.36. The van der Waals surface area contributed by atoms with E-state index in [0.717, 1.165) is 33.5 Å². The molecule has 0 spiro atoms. The van der Waals surface area contributed by atoms with Crippen molar-refractivity contribution in [3.8, 4) is 22.9 Å². The predicted octanol–water partition coefficient (Wildman–Crippen LogP) is 5.31. The van der Waals surface area contributed by atoms with E-state index in [0.29, 0.717) is 23.3 Å². The number of nitrogens with one attached hydrogen (secondary N) is 1. The fraction of sp³-hybridized carbons (Fsp3) is 0.250. The number of benzene rings is 2. The van der Waals surface area contributed by atoms with Crippen molar-refractivity contribution in [2.24, 2.45) is 0 Å². The first-order valence-corrected chi connectivity index (χ1v) is 10.9. The first-order chi connectivity index (χ1) is 13.7. The third-order valence-corrected chi connectivity index (χ3v) is 5.27. The summed E-state index contributed by atoms with van der Waals surface area (Å²) in [4.78, 5) is 4.56. The molecule has 144 valence electrons. The zero-order valence-electron chi connectivity index (χ0n) is 15.5. The molecule has 0 aliphatic carbocycles. The van der Waals surface area contributed by atoms with E-state index in [9.17, 15) is 0 Å². The zero-order valence-corrected chi connectivity index (χ0v) is 17.9. The summed E-state index contributed by atoms with van der Waals surface area (Å²) in [5.41, 5.74) is 3.29. The van der Waals surface area contributed by atoms with E-state index in [1.54, 1.807) is 0 Å². The van der Waals surface area contributed by atoms with Crippen LogP contribution in [0.3, 0.4) is 0 Å². The van der Waals surface area contributed by atoms with Gasteiger partial charge in [-0.2, -0.15) is 4.98 Å². The van der Waals surface area contributed by atoms with Crippen LogP contribution in [-0.2, 0) is 0 Å². The summed E-state index contributed by atoms with van der Waals surface area (Å²) < 4.78 is 13.2. The minimum absolute atomic E-state index is 0.444. The zero-order chi connectivity index (χ0) is 19.5. The van der Waals surface area contributed by atoms with Crippen LogP contribution in [0.1, 0.15) is 25.1 Å². The normalized spacial score (nSPS) is 14.9. The van der Waals surface area contributed by atoms with Crippen molar-refractivity contribution in [3.05, 3.63) is 52.5 Å². The molecule has 2 aromatic carbocycles. The maximum absolute atomic E-state index is 6.30. The molecule has 4 rings (SSSR count). The van der Waals surface area contributed by atoms with Crippen molar-refractivity contribution in [1.82, 2.24) is 15.2 Å². The van der Waals surface area contributed by atoms with Crippen molar-refractivity contribution < 1.29 is 9.47 Å². The number of hydrogen-bond donors (Lipinski definition) is 1. The molecule has 1 aliphatic rings. The van der Waals surface area contributed by atoms with Crippen LogP contribution in [-0.4, -0.2) is 28.0 Å². The van der Waals surface area contributed by atoms with Gasteiger partial charge in [-0.25, -0.2) is 0 Å². The lowest BCUT2D eigenvalue weighted by molar-refractivity contribution is 0.215. The van der Waals surface area contributed by atoms with E-state index in [-0.39, 0.29) is 0 Å². The molecule has 0 radical (unpaired) electrons. The number of rotatable bonds is 5. The Bertz CT molecular complexity index is 1000. The number of ether oxygens (including phenoxy) is 2. The lowest BCUT2D eigenvalue weighted by atomic mass is 10.1. The van der Waals surface area contributed by atoms with Crippen molar-refractivity contribution >= 4 is 33.4 Å². The lowest BCUT2D eigenvalue weighted by Crippen LogP contribution is -2.18. The van der Waals surface area contributed by atoms with Gasteiger partial charge in [0.15, 0.2) is 5.69 Å². The highest BCUT2D eigenvalue weighted by molar-refractivity contribution is 9.10. The Hall–Kier alpha value is -2.32. The van der Waals surface area contributed by atoms with Gasteiger partial charge in [0.1, 0.15) is 5.75 Å². The van der Waals surface area contributed by atoms with Crippen LogP contribution >= 0.6 is 27.7 Å². The molecule has 6 nitrogen and oxygen atoms in total. The largest absolute Gasteiger partial charge is 0.493 e. The molecule has 1 aromatic heterocycles. The SMILES string of the molecule is CCCOc1ccccc1[C@@H]1Nc2ccc(Br)cc2-c2nnc(SC)nc2O1. The summed E-state index contributed by atoms with van der Waals surface area (Å²) in [5, 5.41) is 12.6. The molecule has 0 fully saturated rings. The highest BCUT2D eigenvalue weighted by Crippen LogP contribution is 2.42. The fourth-order valence-corrected chi connectivity index (χ4v) is 3.60. The average molecular weight is 459 g/mol. The lowest BCUT2D eigenvalue weighted by Gasteiger charge is -2.21. The number of hydrogen-bond acceptors (Lipinski definition) is 7. The molecule has 1 atom stereocenters. The number of fused-ring (bicyclic) bond motifs is 3. The van der Waals surface area contributed by atoms with Gasteiger partial charge in [0.2, 0.25) is 17.3 Å². The first kappa shape index (κ1) is 19.0. The Kier molecular flexibility index (Phi) is 5.68. The van der Waals surface area contributed by atoms with E-state index < -0.39 is 6.23 Å². The van der Waals surface area contributed by atoms with Gasteiger partial charge >= 0.3 is 0 Å². The number of aromatic nitrogens is 3. The number of para-hydroxylation sites is 1. The topological polar surface area (TPSA) is 69.2 Å². The molecular formula is C20H19BrN4O2S. The summed E-state index contributed by atoms with van der Waals surface area (Å²) in [6.07, 6.45) is 2.37. The maximum atomic E-state index is 6.30. The van der Waals surface area contributed by atoms with Gasteiger partial charge in [0, 0.05) is 15.7 Å². The summed E-state index contributed by atoms with van der Waals surface area (Å²) in [7, 11) is 0. The van der Waals surface area contributed by atoms with Crippen LogP contribution in [0.25, 0.3) is 11.3 Å². The molecule has 2 heterocycles. The fourth-order valence-electron chi connectivity index (χ4n) is 2.94. The van der Waals surface area contributed by atoms with E-state index in [1.165, 1.54) is 11.8 Å². The summed E-state index contributed by atoms with van der Waals surface area (Å²) in [5.74, 6) is 1.23. The molecule has 0 saturated carbocycles. The molecule has 0 bridgehead atoms. The second-order valence-electron chi connectivity index (χ2n) is 6.17. The monoisotopic (exact) mass is 458 g/mol. The van der Waals surface area contributed by atoms with Crippen molar-refractivity contribution in [2.45, 2.75) is 24.7 Å². The molecule has 1 N–H and O–H groups in total. The van der Waals surface area contributed by atoms with Crippen LogP contribution in [0.2, 0.25) is 0 Å². The van der Waals surface area contributed by atoms with Crippen LogP contribution in [0.5, 0.6) is 11.6 Å². The van der Waals surface area contributed by atoms with Gasteiger partial charge in [-0.1, -0.05) is 46.7 Å². The number of nitrogens with zero attached hydrogens (tertiary/aromatic N) is 3. The Labute approximate surface area is 176 Å². The van der Waals surface area contributed by atoms with E-state index >= 15 is 0 Å². The van der Waals surface area contributed by atoms with E-state index in [2.05, 4.69) is 43.4 Å². The minimum Gasteiger partial charge on any atom is -0.493 e. The van der Waals surface area contributed by atoms with Gasteiger partial charge < -0.3 is 14.8 Å². The first-order valence-electron chi connectivity index (χ1n) is 8.93. The maximum Gasteiger partial charge on any atom is 0.247 e. The quantitative estimate of drug-likeness (QED) is 0.519. The Morgan fingerprint density at radius 1 is 1.21 bits per heavy atom. The Morgan fingerprint density at radius 3 is 2.89 bits per heavy atom. The molecule has 3 aromatic rings. The minimum atomic E-state index is -0.472. The third-order valence-electron chi connectivity index (χ3n) is 4.23. The highest BCUT2D eigenvalue weighted by Gasteiger charge is 2.28. The smallest absolute Gasteiger partial charge is 0.247 e. The Morgan fingerprint density at radius 2 is 2.07 bits per heavy atom. The standard InChI is InChI=1S/C20H19BrN4O2S/c1-3-10-26-16-7-5-4-6-13(16)18-22-15-9-8-12(21)11-14(15)17-19(27-18)23-20(28-2)25-24-17/h4-9,11,18,22H,3,10H2,1-2H3/t18-/m1/s1. The second-order valence-corrected chi connectivity index (χ2v) is 7.86. The van der Waals surface area contributed by atoms with Crippen molar-refractivity contribution in [2.75, 3.05) is 18.2 Å². The van der Waals surface area contributed by atoms with Gasteiger partial charge in [-0.15, -0.1) is 10.2 Å². The van der Waals surface area contributed by atoms with E-state index in [1.807, 2.05) is 48.7 Å². The van der Waals surface area contributed by atoms with Gasteiger partial charge in [-0.05, 0) is 43.0 Å². The number of anilines is 1. The molecule has 0 unspecified atom stereocenters. The van der Waals surface area contributed by atoms with Gasteiger partial charge in [0.25, 0.3) is 0 Å². The molecule has 1 aliphatic heterocycles.